The number of carbonyl (C=O) groups is 1. The number of nitrogens with zero attached hydrogens (tertiary/aromatic N) is 3. The van der Waals surface area contributed by atoms with E-state index in [9.17, 15) is 13.2 Å². The van der Waals surface area contributed by atoms with Crippen LogP contribution in [-0.2, 0) is 32.4 Å². The van der Waals surface area contributed by atoms with Crippen LogP contribution in [0, 0.1) is 0 Å². The second-order valence-electron chi connectivity index (χ2n) is 8.22. The third-order valence-corrected chi connectivity index (χ3v) is 8.31. The summed E-state index contributed by atoms with van der Waals surface area (Å²) in [7, 11) is -1.99. The first-order valence-corrected chi connectivity index (χ1v) is 12.1. The molecule has 29 heavy (non-hydrogen) atoms. The van der Waals surface area contributed by atoms with E-state index in [1.165, 1.54) is 16.3 Å². The minimum atomic E-state index is -3.62. The van der Waals surface area contributed by atoms with Crippen LogP contribution in [0.2, 0.25) is 0 Å². The number of hydrogen-bond acceptors (Lipinski definition) is 5. The fourth-order valence-electron chi connectivity index (χ4n) is 4.74. The van der Waals surface area contributed by atoms with Gasteiger partial charge in [0.25, 0.3) is 0 Å². The second kappa shape index (κ2) is 8.71. The van der Waals surface area contributed by atoms with E-state index in [0.29, 0.717) is 31.1 Å². The van der Waals surface area contributed by atoms with Gasteiger partial charge >= 0.3 is 0 Å². The number of amides is 1. The first-order chi connectivity index (χ1) is 14.0. The highest BCUT2D eigenvalue weighted by molar-refractivity contribution is 7.89. The summed E-state index contributed by atoms with van der Waals surface area (Å²) in [5.41, 5.74) is 2.43. The van der Waals surface area contributed by atoms with E-state index in [1.807, 2.05) is 12.1 Å². The minimum absolute atomic E-state index is 0.0147. The molecule has 0 radical (unpaired) electrons. The number of carbonyl (C=O) groups excluding carboxylic acids is 1. The number of aryl methyl sites for hydroxylation is 2. The van der Waals surface area contributed by atoms with Gasteiger partial charge in [-0.05, 0) is 55.4 Å². The van der Waals surface area contributed by atoms with Crippen LogP contribution < -0.4 is 0 Å². The van der Waals surface area contributed by atoms with Gasteiger partial charge in [0.2, 0.25) is 15.9 Å². The van der Waals surface area contributed by atoms with E-state index in [0.717, 1.165) is 44.3 Å². The minimum Gasteiger partial charge on any atom is -0.383 e. The van der Waals surface area contributed by atoms with Gasteiger partial charge in [0.05, 0.1) is 11.5 Å². The lowest BCUT2D eigenvalue weighted by Gasteiger charge is -2.40. The maximum absolute atomic E-state index is 13.4. The van der Waals surface area contributed by atoms with Crippen LogP contribution in [0.3, 0.4) is 0 Å². The van der Waals surface area contributed by atoms with Gasteiger partial charge in [0.15, 0.2) is 0 Å². The Hall–Kier alpha value is -1.48. The average molecular weight is 422 g/mol. The van der Waals surface area contributed by atoms with Gasteiger partial charge in [-0.15, -0.1) is 0 Å². The second-order valence-corrected chi connectivity index (χ2v) is 10.2. The molecule has 2 fully saturated rings. The van der Waals surface area contributed by atoms with Crippen LogP contribution in [0.25, 0.3) is 0 Å². The number of methoxy groups -OCH3 is 1. The van der Waals surface area contributed by atoms with E-state index >= 15 is 0 Å². The summed E-state index contributed by atoms with van der Waals surface area (Å²) in [4.78, 5) is 17.3. The molecule has 2 aliphatic heterocycles. The number of piperazine rings is 1. The van der Waals surface area contributed by atoms with Crippen molar-refractivity contribution in [2.24, 2.45) is 0 Å². The summed E-state index contributed by atoms with van der Waals surface area (Å²) in [6.45, 7) is 3.94. The maximum Gasteiger partial charge on any atom is 0.243 e. The Labute approximate surface area is 173 Å². The van der Waals surface area contributed by atoms with Crippen LogP contribution in [-0.4, -0.2) is 87.5 Å². The summed E-state index contributed by atoms with van der Waals surface area (Å²) in [6.07, 6.45) is 5.00. The van der Waals surface area contributed by atoms with Gasteiger partial charge in [0, 0.05) is 46.4 Å². The molecule has 1 atom stereocenters. The summed E-state index contributed by atoms with van der Waals surface area (Å²) >= 11 is 0. The third kappa shape index (κ3) is 4.21. The lowest BCUT2D eigenvalue weighted by molar-refractivity contribution is -0.142. The number of rotatable bonds is 5. The van der Waals surface area contributed by atoms with Gasteiger partial charge in [-0.3, -0.25) is 9.69 Å². The Morgan fingerprint density at radius 3 is 2.62 bits per heavy atom. The van der Waals surface area contributed by atoms with Crippen LogP contribution in [0.4, 0.5) is 0 Å². The molecule has 1 aromatic rings. The van der Waals surface area contributed by atoms with Crippen molar-refractivity contribution in [3.63, 3.8) is 0 Å². The van der Waals surface area contributed by atoms with E-state index in [1.54, 1.807) is 18.1 Å². The predicted octanol–water partition coefficient (Wildman–Crippen LogP) is 1.12. The molecule has 0 aromatic heterocycles. The number of ether oxygens (including phenoxy) is 1. The van der Waals surface area contributed by atoms with Gasteiger partial charge < -0.3 is 9.64 Å². The highest BCUT2D eigenvalue weighted by Gasteiger charge is 2.40. The first kappa shape index (κ1) is 20.8. The van der Waals surface area contributed by atoms with E-state index < -0.39 is 16.1 Å². The summed E-state index contributed by atoms with van der Waals surface area (Å²) in [5.74, 6) is 0.0147. The molecule has 1 unspecified atom stereocenters. The molecule has 2 saturated heterocycles. The Balaban J connectivity index is 1.55. The summed E-state index contributed by atoms with van der Waals surface area (Å²) < 4.78 is 33.5. The smallest absolute Gasteiger partial charge is 0.243 e. The standard InChI is InChI=1S/C21H31N3O4S/c1-28-14-13-23-12-11-22-9-4-10-24(16-20(22)21(23)25)29(26,27)19-8-7-17-5-2-3-6-18(17)15-19/h7-8,15,20H,2-6,9-14,16H2,1H3. The molecule has 1 amide bonds. The molecule has 1 aliphatic carbocycles. The fourth-order valence-corrected chi connectivity index (χ4v) is 6.28. The van der Waals surface area contributed by atoms with Crippen LogP contribution in [0.1, 0.15) is 30.4 Å². The zero-order chi connectivity index (χ0) is 20.4. The number of sulfonamides is 1. The molecule has 0 bridgehead atoms. The molecular formula is C21H31N3O4S. The van der Waals surface area contributed by atoms with E-state index in [4.69, 9.17) is 4.74 Å². The number of hydrogen-bond donors (Lipinski definition) is 0. The Morgan fingerprint density at radius 2 is 1.83 bits per heavy atom. The quantitative estimate of drug-likeness (QED) is 0.713. The monoisotopic (exact) mass is 421 g/mol. The fraction of sp³-hybridized carbons (Fsp3) is 0.667. The van der Waals surface area contributed by atoms with E-state index in [-0.39, 0.29) is 12.5 Å². The number of fused-ring (bicyclic) bond motifs is 2. The molecule has 1 aromatic carbocycles. The van der Waals surface area contributed by atoms with Gasteiger partial charge in [-0.2, -0.15) is 4.31 Å². The molecule has 7 nitrogen and oxygen atoms in total. The molecule has 0 N–H and O–H groups in total. The van der Waals surface area contributed by atoms with Crippen molar-refractivity contribution in [2.75, 3.05) is 53.0 Å². The van der Waals surface area contributed by atoms with Crippen LogP contribution >= 0.6 is 0 Å². The van der Waals surface area contributed by atoms with Crippen molar-refractivity contribution in [1.29, 1.82) is 0 Å². The van der Waals surface area contributed by atoms with Crippen molar-refractivity contribution in [3.8, 4) is 0 Å². The Kier molecular flexibility index (Phi) is 6.24. The zero-order valence-electron chi connectivity index (χ0n) is 17.2. The molecule has 2 heterocycles. The summed E-state index contributed by atoms with van der Waals surface area (Å²) in [5, 5.41) is 0. The lowest BCUT2D eigenvalue weighted by atomic mass is 9.92. The van der Waals surface area contributed by atoms with E-state index in [2.05, 4.69) is 4.90 Å². The lowest BCUT2D eigenvalue weighted by Crippen LogP contribution is -2.60. The molecule has 3 aliphatic rings. The van der Waals surface area contributed by atoms with Gasteiger partial charge in [-0.25, -0.2) is 8.42 Å². The van der Waals surface area contributed by atoms with Crippen LogP contribution in [0.15, 0.2) is 23.1 Å². The van der Waals surface area contributed by atoms with Crippen molar-refractivity contribution in [2.45, 2.75) is 43.0 Å². The van der Waals surface area contributed by atoms with Crippen molar-refractivity contribution in [3.05, 3.63) is 29.3 Å². The highest BCUT2D eigenvalue weighted by atomic mass is 32.2. The highest BCUT2D eigenvalue weighted by Crippen LogP contribution is 2.27. The molecule has 8 heteroatoms. The van der Waals surface area contributed by atoms with Crippen molar-refractivity contribution >= 4 is 15.9 Å². The van der Waals surface area contributed by atoms with Crippen molar-refractivity contribution < 1.29 is 17.9 Å². The largest absolute Gasteiger partial charge is 0.383 e. The van der Waals surface area contributed by atoms with Crippen molar-refractivity contribution in [1.82, 2.24) is 14.1 Å². The Bertz CT molecular complexity index is 857. The topological polar surface area (TPSA) is 70.2 Å². The molecule has 160 valence electrons. The normalized spacial score (nSPS) is 24.1. The summed E-state index contributed by atoms with van der Waals surface area (Å²) in [6, 6.07) is 5.18. The molecule has 4 rings (SSSR count). The third-order valence-electron chi connectivity index (χ3n) is 6.45. The molecule has 0 saturated carbocycles. The first-order valence-electron chi connectivity index (χ1n) is 10.6. The zero-order valence-corrected chi connectivity index (χ0v) is 18.0. The molecular weight excluding hydrogens is 390 g/mol. The van der Waals surface area contributed by atoms with Gasteiger partial charge in [0.1, 0.15) is 6.04 Å². The molecule has 0 spiro atoms. The number of benzene rings is 1. The van der Waals surface area contributed by atoms with Crippen LogP contribution in [0.5, 0.6) is 0 Å². The predicted molar refractivity (Wildman–Crippen MR) is 110 cm³/mol. The average Bonchev–Trinajstić information content (AvgIpc) is 2.96. The van der Waals surface area contributed by atoms with Gasteiger partial charge in [-0.1, -0.05) is 6.07 Å². The maximum atomic E-state index is 13.4. The Morgan fingerprint density at radius 1 is 1.03 bits per heavy atom. The SMILES string of the molecule is COCCN1CCN2CCCN(S(=O)(=O)c3ccc4c(c3)CCCC4)CC2C1=O.